The van der Waals surface area contributed by atoms with Gasteiger partial charge in [0.15, 0.2) is 11.6 Å². The fourth-order valence-electron chi connectivity index (χ4n) is 8.54. The predicted octanol–water partition coefficient (Wildman–Crippen LogP) is 5.15. The number of alkyl halides is 1. The Bertz CT molecular complexity index is 1860. The van der Waals surface area contributed by atoms with Crippen molar-refractivity contribution in [2.24, 2.45) is 0 Å². The SMILES string of the molecule is C#Cc1c(F)ccc2cc(O)cc([C@H]3COc4c(nc(OC[C@]5(C)C[C@@H](F)CN5C5CCOCC5)nc4N(C)C[C@@H]4CCCN4C(=O)C=C)C3)c12. The molecule has 10 nitrogen and oxygen atoms in total. The lowest BCUT2D eigenvalue weighted by Gasteiger charge is -2.41. The van der Waals surface area contributed by atoms with Gasteiger partial charge in [-0.1, -0.05) is 18.6 Å². The first-order valence-electron chi connectivity index (χ1n) is 17.8. The molecule has 3 aromatic rings. The molecule has 0 spiro atoms. The monoisotopic (exact) mass is 701 g/mol. The highest BCUT2D eigenvalue weighted by molar-refractivity contribution is 5.93. The van der Waals surface area contributed by atoms with Gasteiger partial charge < -0.3 is 29.1 Å². The molecule has 0 unspecified atom stereocenters. The van der Waals surface area contributed by atoms with Crippen LogP contribution in [0.25, 0.3) is 10.8 Å². The van der Waals surface area contributed by atoms with Crippen molar-refractivity contribution in [3.63, 3.8) is 0 Å². The van der Waals surface area contributed by atoms with Gasteiger partial charge in [0.2, 0.25) is 5.91 Å². The van der Waals surface area contributed by atoms with Gasteiger partial charge in [0.05, 0.1) is 23.4 Å². The van der Waals surface area contributed by atoms with Gasteiger partial charge in [-0.05, 0) is 67.8 Å². The molecule has 2 aromatic carbocycles. The summed E-state index contributed by atoms with van der Waals surface area (Å²) in [4.78, 5) is 28.4. The molecule has 51 heavy (non-hydrogen) atoms. The number of nitrogens with zero attached hydrogens (tertiary/aromatic N) is 5. The third-order valence-corrected chi connectivity index (χ3v) is 11.0. The molecule has 12 heteroatoms. The van der Waals surface area contributed by atoms with Crippen molar-refractivity contribution in [1.82, 2.24) is 19.8 Å². The molecule has 0 aliphatic carbocycles. The number of ether oxygens (including phenoxy) is 3. The molecule has 3 fully saturated rings. The minimum Gasteiger partial charge on any atom is -0.508 e. The van der Waals surface area contributed by atoms with E-state index in [0.717, 1.165) is 25.7 Å². The molecule has 0 bridgehead atoms. The van der Waals surface area contributed by atoms with E-state index >= 15 is 4.39 Å². The van der Waals surface area contributed by atoms with Gasteiger partial charge in [-0.25, -0.2) is 8.78 Å². The number of aromatic hydroxyl groups is 1. The molecule has 0 radical (unpaired) electrons. The number of halogens is 2. The zero-order valence-corrected chi connectivity index (χ0v) is 29.2. The topological polar surface area (TPSA) is 100 Å². The van der Waals surface area contributed by atoms with Crippen LogP contribution in [0.2, 0.25) is 0 Å². The number of hydrogen-bond acceptors (Lipinski definition) is 9. The summed E-state index contributed by atoms with van der Waals surface area (Å²) in [6, 6.07) is 6.38. The molecular weight excluding hydrogens is 656 g/mol. The van der Waals surface area contributed by atoms with Gasteiger partial charge in [-0.3, -0.25) is 9.69 Å². The maximum atomic E-state index is 15.0. The molecule has 270 valence electrons. The summed E-state index contributed by atoms with van der Waals surface area (Å²) in [5.41, 5.74) is 0.793. The predicted molar refractivity (Wildman–Crippen MR) is 190 cm³/mol. The number of rotatable bonds is 9. The number of aromatic nitrogens is 2. The number of likely N-dealkylation sites (tertiary alicyclic amines) is 2. The van der Waals surface area contributed by atoms with Gasteiger partial charge >= 0.3 is 6.01 Å². The Morgan fingerprint density at radius 1 is 1.27 bits per heavy atom. The Labute approximate surface area is 297 Å². The number of hydrogen-bond donors (Lipinski definition) is 1. The summed E-state index contributed by atoms with van der Waals surface area (Å²) in [5.74, 6) is 2.58. The quantitative estimate of drug-likeness (QED) is 0.240. The normalized spacial score (nSPS) is 25.3. The zero-order valence-electron chi connectivity index (χ0n) is 29.2. The summed E-state index contributed by atoms with van der Waals surface area (Å²) in [5, 5.41) is 11.8. The number of carbonyl (C=O) groups is 1. The number of phenolic OH excluding ortho intramolecular Hbond substituents is 1. The smallest absolute Gasteiger partial charge is 0.318 e. The van der Waals surface area contributed by atoms with Crippen molar-refractivity contribution in [3.05, 3.63) is 59.6 Å². The van der Waals surface area contributed by atoms with Gasteiger partial charge in [0.25, 0.3) is 0 Å². The Balaban J connectivity index is 1.23. The number of phenols is 1. The molecule has 5 heterocycles. The molecule has 4 aliphatic heterocycles. The maximum absolute atomic E-state index is 15.0. The fraction of sp³-hybridized carbons (Fsp3) is 0.513. The summed E-state index contributed by atoms with van der Waals surface area (Å²) in [6.07, 6.45) is 10.3. The Morgan fingerprint density at radius 3 is 2.84 bits per heavy atom. The van der Waals surface area contributed by atoms with E-state index in [1.54, 1.807) is 18.2 Å². The van der Waals surface area contributed by atoms with Crippen LogP contribution in [0.15, 0.2) is 36.9 Å². The second-order valence-corrected chi connectivity index (χ2v) is 14.5. The highest BCUT2D eigenvalue weighted by Crippen LogP contribution is 2.43. The van der Waals surface area contributed by atoms with Crippen molar-refractivity contribution < 1.29 is 32.9 Å². The number of fused-ring (bicyclic) bond motifs is 2. The molecule has 3 saturated heterocycles. The van der Waals surface area contributed by atoms with Crippen molar-refractivity contribution in [2.45, 2.75) is 75.2 Å². The fourth-order valence-corrected chi connectivity index (χ4v) is 8.54. The van der Waals surface area contributed by atoms with Crippen molar-refractivity contribution in [2.75, 3.05) is 58.0 Å². The summed E-state index contributed by atoms with van der Waals surface area (Å²) < 4.78 is 48.4. The van der Waals surface area contributed by atoms with Gasteiger partial charge in [-0.2, -0.15) is 9.97 Å². The minimum absolute atomic E-state index is 0.0326. The molecule has 0 saturated carbocycles. The van der Waals surface area contributed by atoms with E-state index in [1.165, 1.54) is 12.1 Å². The Hall–Kier alpha value is -4.47. The largest absolute Gasteiger partial charge is 0.508 e. The summed E-state index contributed by atoms with van der Waals surface area (Å²) in [6.45, 7) is 8.91. The second kappa shape index (κ2) is 14.3. The van der Waals surface area contributed by atoms with Crippen LogP contribution < -0.4 is 14.4 Å². The van der Waals surface area contributed by atoms with E-state index in [-0.39, 0.29) is 54.4 Å². The highest BCUT2D eigenvalue weighted by Gasteiger charge is 2.46. The molecule has 7 rings (SSSR count). The van der Waals surface area contributed by atoms with Crippen LogP contribution in [0, 0.1) is 18.2 Å². The van der Waals surface area contributed by atoms with Gasteiger partial charge in [-0.15, -0.1) is 6.42 Å². The van der Waals surface area contributed by atoms with Crippen molar-refractivity contribution in [1.29, 1.82) is 0 Å². The van der Waals surface area contributed by atoms with Crippen LogP contribution in [0.5, 0.6) is 17.5 Å². The van der Waals surface area contributed by atoms with Crippen molar-refractivity contribution >= 4 is 22.5 Å². The van der Waals surface area contributed by atoms with E-state index in [0.29, 0.717) is 79.3 Å². The third-order valence-electron chi connectivity index (χ3n) is 11.0. The van der Waals surface area contributed by atoms with E-state index < -0.39 is 17.5 Å². The summed E-state index contributed by atoms with van der Waals surface area (Å²) in [7, 11) is 1.90. The van der Waals surface area contributed by atoms with E-state index in [4.69, 9.17) is 30.6 Å². The first-order chi connectivity index (χ1) is 24.6. The number of anilines is 1. The van der Waals surface area contributed by atoms with E-state index in [2.05, 4.69) is 17.4 Å². The van der Waals surface area contributed by atoms with Crippen molar-refractivity contribution in [3.8, 4) is 29.9 Å². The Kier molecular flexibility index (Phi) is 9.78. The zero-order chi connectivity index (χ0) is 35.9. The van der Waals surface area contributed by atoms with Crippen LogP contribution >= 0.6 is 0 Å². The first-order valence-corrected chi connectivity index (χ1v) is 17.8. The average molecular weight is 702 g/mol. The Morgan fingerprint density at radius 2 is 2.08 bits per heavy atom. The highest BCUT2D eigenvalue weighted by atomic mass is 19.1. The number of terminal acetylenes is 1. The third kappa shape index (κ3) is 6.81. The van der Waals surface area contributed by atoms with Crippen LogP contribution in [0.4, 0.5) is 14.6 Å². The number of likely N-dealkylation sites (N-methyl/N-ethyl adjacent to an activating group) is 1. The molecule has 4 atom stereocenters. The lowest BCUT2D eigenvalue weighted by Crippen LogP contribution is -2.52. The lowest BCUT2D eigenvalue weighted by molar-refractivity contribution is -0.126. The van der Waals surface area contributed by atoms with Gasteiger partial charge in [0.1, 0.15) is 24.3 Å². The molecule has 1 amide bonds. The van der Waals surface area contributed by atoms with Crippen LogP contribution in [-0.2, 0) is 16.0 Å². The first kappa shape index (κ1) is 35.0. The minimum atomic E-state index is -0.968. The molecular formula is C39H45F2N5O5. The van der Waals surface area contributed by atoms with E-state index in [9.17, 15) is 14.3 Å². The van der Waals surface area contributed by atoms with E-state index in [1.807, 2.05) is 23.8 Å². The maximum Gasteiger partial charge on any atom is 0.318 e. The molecule has 1 N–H and O–H groups in total. The number of amides is 1. The lowest BCUT2D eigenvalue weighted by atomic mass is 9.87. The van der Waals surface area contributed by atoms with Crippen LogP contribution in [0.3, 0.4) is 0 Å². The van der Waals surface area contributed by atoms with Gasteiger partial charge in [0, 0.05) is 76.1 Å². The molecule has 4 aliphatic rings. The van der Waals surface area contributed by atoms with Crippen LogP contribution in [0.1, 0.15) is 61.8 Å². The van der Waals surface area contributed by atoms with Crippen LogP contribution in [-0.4, -0.2) is 108 Å². The number of carbonyl (C=O) groups excluding carboxylic acids is 1. The number of benzene rings is 2. The average Bonchev–Trinajstić information content (AvgIpc) is 3.72. The summed E-state index contributed by atoms with van der Waals surface area (Å²) >= 11 is 0. The molecule has 1 aromatic heterocycles. The second-order valence-electron chi connectivity index (χ2n) is 14.5. The standard InChI is InChI=1S/C39H45F2N5O5/c1-5-30-32(41)10-9-24-16-29(47)18-31(35(24)30)25-17-33-36(50-22-25)37(44(4)21-28-8-7-13-45(28)34(48)6-2)43-38(42-33)51-23-39(3)19-26(40)20-46(39)27-11-14-49-15-12-27/h1,6,9-10,16,18,25-28,47H,2,7-8,11-15,17,19-23H2,3-4H3/t25-,26-,28+,39+/m1/s1.